The second kappa shape index (κ2) is 8.23. The van der Waals surface area contributed by atoms with Gasteiger partial charge in [0.25, 0.3) is 0 Å². The lowest BCUT2D eigenvalue weighted by Gasteiger charge is -2.40. The summed E-state index contributed by atoms with van der Waals surface area (Å²) in [5.41, 5.74) is 3.43. The highest BCUT2D eigenvalue weighted by atomic mass is 16.2. The number of piperazine rings is 1. The van der Waals surface area contributed by atoms with E-state index in [1.54, 1.807) is 0 Å². The number of hydrogen-bond acceptors (Lipinski definition) is 3. The molecule has 1 unspecified atom stereocenters. The van der Waals surface area contributed by atoms with E-state index in [1.807, 2.05) is 49.3 Å². The molecule has 1 fully saturated rings. The number of carbonyl (C=O) groups excluding carboxylic acids is 1. The molecule has 0 aliphatic carbocycles. The first-order chi connectivity index (χ1) is 12.5. The monoisotopic (exact) mass is 352 g/mol. The van der Waals surface area contributed by atoms with Crippen LogP contribution in [0.3, 0.4) is 0 Å². The van der Waals surface area contributed by atoms with Crippen LogP contribution in [0.1, 0.15) is 17.2 Å². The van der Waals surface area contributed by atoms with Gasteiger partial charge in [0.1, 0.15) is 0 Å². The highest BCUT2D eigenvalue weighted by Gasteiger charge is 2.29. The molecule has 1 saturated heterocycles. The van der Waals surface area contributed by atoms with E-state index in [0.717, 1.165) is 30.9 Å². The zero-order valence-corrected chi connectivity index (χ0v) is 15.9. The maximum Gasteiger partial charge on any atom is 0.318 e. The minimum Gasteiger partial charge on any atom is -0.378 e. The van der Waals surface area contributed by atoms with Crippen molar-refractivity contribution >= 4 is 11.7 Å². The van der Waals surface area contributed by atoms with Gasteiger partial charge in [-0.15, -0.1) is 0 Å². The number of nitrogens with one attached hydrogen (secondary N) is 1. The van der Waals surface area contributed by atoms with E-state index in [9.17, 15) is 4.79 Å². The largest absolute Gasteiger partial charge is 0.378 e. The van der Waals surface area contributed by atoms with E-state index in [0.29, 0.717) is 6.54 Å². The highest BCUT2D eigenvalue weighted by molar-refractivity contribution is 5.75. The molecule has 2 amide bonds. The molecule has 0 saturated carbocycles. The van der Waals surface area contributed by atoms with Crippen molar-refractivity contribution in [3.05, 3.63) is 65.7 Å². The fourth-order valence-electron chi connectivity index (χ4n) is 3.35. The second-order valence-electron chi connectivity index (χ2n) is 7.11. The molecule has 3 rings (SSSR count). The van der Waals surface area contributed by atoms with Gasteiger partial charge < -0.3 is 20.0 Å². The maximum absolute atomic E-state index is 12.9. The summed E-state index contributed by atoms with van der Waals surface area (Å²) in [5, 5.41) is 3.10. The summed E-state index contributed by atoms with van der Waals surface area (Å²) in [7, 11) is 6.15. The van der Waals surface area contributed by atoms with Gasteiger partial charge in [-0.05, 0) is 30.3 Å². The molecule has 2 aromatic rings. The van der Waals surface area contributed by atoms with Crippen LogP contribution in [-0.4, -0.2) is 56.6 Å². The van der Waals surface area contributed by atoms with Crippen molar-refractivity contribution in [2.45, 2.75) is 12.6 Å². The minimum absolute atomic E-state index is 0.00205. The van der Waals surface area contributed by atoms with Crippen molar-refractivity contribution in [1.82, 2.24) is 15.1 Å². The van der Waals surface area contributed by atoms with Gasteiger partial charge in [-0.3, -0.25) is 0 Å². The zero-order valence-electron chi connectivity index (χ0n) is 15.9. The lowest BCUT2D eigenvalue weighted by molar-refractivity contribution is 0.108. The normalized spacial score (nSPS) is 17.8. The Bertz CT molecular complexity index is 732. The molecule has 26 heavy (non-hydrogen) atoms. The summed E-state index contributed by atoms with van der Waals surface area (Å²) in [4.78, 5) is 19.2. The lowest BCUT2D eigenvalue weighted by Crippen LogP contribution is -2.52. The summed E-state index contributed by atoms with van der Waals surface area (Å²) in [5.74, 6) is 0. The quantitative estimate of drug-likeness (QED) is 0.919. The van der Waals surface area contributed by atoms with Crippen LogP contribution < -0.4 is 10.2 Å². The van der Waals surface area contributed by atoms with Gasteiger partial charge in [0.2, 0.25) is 0 Å². The third kappa shape index (κ3) is 4.35. The molecule has 5 nitrogen and oxygen atoms in total. The molecule has 138 valence electrons. The van der Waals surface area contributed by atoms with Crippen LogP contribution in [0.4, 0.5) is 10.5 Å². The van der Waals surface area contributed by atoms with Crippen molar-refractivity contribution < 1.29 is 4.79 Å². The molecule has 1 N–H and O–H groups in total. The maximum atomic E-state index is 12.9. The molecular weight excluding hydrogens is 324 g/mol. The van der Waals surface area contributed by atoms with Gasteiger partial charge in [-0.2, -0.15) is 0 Å². The van der Waals surface area contributed by atoms with Gasteiger partial charge in [0.05, 0.1) is 6.04 Å². The van der Waals surface area contributed by atoms with Crippen LogP contribution in [-0.2, 0) is 6.54 Å². The molecule has 1 heterocycles. The van der Waals surface area contributed by atoms with Gasteiger partial charge in [-0.1, -0.05) is 42.5 Å². The molecule has 1 aliphatic heterocycles. The Labute approximate surface area is 156 Å². The predicted octanol–water partition coefficient (Wildman–Crippen LogP) is 2.95. The van der Waals surface area contributed by atoms with Gasteiger partial charge >= 0.3 is 6.03 Å². The molecule has 1 aliphatic rings. The minimum atomic E-state index is 0.00205. The summed E-state index contributed by atoms with van der Waals surface area (Å²) in [6.07, 6.45) is 0. The van der Waals surface area contributed by atoms with Crippen LogP contribution in [0.15, 0.2) is 54.6 Å². The smallest absolute Gasteiger partial charge is 0.318 e. The van der Waals surface area contributed by atoms with Crippen molar-refractivity contribution in [3.8, 4) is 0 Å². The second-order valence-corrected chi connectivity index (χ2v) is 7.11. The molecule has 1 atom stereocenters. The van der Waals surface area contributed by atoms with Crippen molar-refractivity contribution in [2.24, 2.45) is 0 Å². The molecule has 5 heteroatoms. The van der Waals surface area contributed by atoms with Crippen molar-refractivity contribution in [1.29, 1.82) is 0 Å². The van der Waals surface area contributed by atoms with E-state index < -0.39 is 0 Å². The third-order valence-electron chi connectivity index (χ3n) is 4.90. The Morgan fingerprint density at radius 1 is 1.12 bits per heavy atom. The van der Waals surface area contributed by atoms with E-state index in [4.69, 9.17) is 0 Å². The number of rotatable bonds is 4. The van der Waals surface area contributed by atoms with Crippen LogP contribution in [0.2, 0.25) is 0 Å². The number of benzene rings is 2. The van der Waals surface area contributed by atoms with Crippen LogP contribution in [0, 0.1) is 0 Å². The number of carbonyl (C=O) groups is 1. The van der Waals surface area contributed by atoms with E-state index in [-0.39, 0.29) is 12.1 Å². The molecular formula is C21H28N4O. The number of amides is 2. The standard InChI is InChI=1S/C21H28N4O/c1-23(2)19-11-7-8-17(14-19)15-22-21(26)25-13-12-24(3)16-20(25)18-9-5-4-6-10-18/h4-11,14,20H,12-13,15-16H2,1-3H3,(H,22,26). The van der Waals surface area contributed by atoms with Crippen molar-refractivity contribution in [2.75, 3.05) is 45.7 Å². The molecule has 0 aromatic heterocycles. The number of hydrogen-bond donors (Lipinski definition) is 1. The van der Waals surface area contributed by atoms with E-state index in [2.05, 4.69) is 46.4 Å². The summed E-state index contributed by atoms with van der Waals surface area (Å²) < 4.78 is 0. The molecule has 0 radical (unpaired) electrons. The average molecular weight is 352 g/mol. The lowest BCUT2D eigenvalue weighted by atomic mass is 10.0. The van der Waals surface area contributed by atoms with Crippen molar-refractivity contribution in [3.63, 3.8) is 0 Å². The number of urea groups is 1. The topological polar surface area (TPSA) is 38.8 Å². The van der Waals surface area contributed by atoms with Crippen LogP contribution >= 0.6 is 0 Å². The first kappa shape index (κ1) is 18.3. The van der Waals surface area contributed by atoms with E-state index >= 15 is 0 Å². The molecule has 2 aromatic carbocycles. The fraction of sp³-hybridized carbons (Fsp3) is 0.381. The fourth-order valence-corrected chi connectivity index (χ4v) is 3.35. The first-order valence-electron chi connectivity index (χ1n) is 9.09. The first-order valence-corrected chi connectivity index (χ1v) is 9.09. The Hall–Kier alpha value is -2.53. The van der Waals surface area contributed by atoms with Gasteiger partial charge in [0, 0.05) is 46.0 Å². The van der Waals surface area contributed by atoms with Gasteiger partial charge in [0.15, 0.2) is 0 Å². The van der Waals surface area contributed by atoms with Crippen LogP contribution in [0.5, 0.6) is 0 Å². The van der Waals surface area contributed by atoms with E-state index in [1.165, 1.54) is 5.56 Å². The number of nitrogens with zero attached hydrogens (tertiary/aromatic N) is 3. The van der Waals surface area contributed by atoms with Gasteiger partial charge in [-0.25, -0.2) is 4.79 Å². The van der Waals surface area contributed by atoms with Crippen LogP contribution in [0.25, 0.3) is 0 Å². The Morgan fingerprint density at radius 2 is 1.88 bits per heavy atom. The summed E-state index contributed by atoms with van der Waals surface area (Å²) in [6.45, 7) is 3.02. The number of anilines is 1. The highest BCUT2D eigenvalue weighted by Crippen LogP contribution is 2.25. The summed E-state index contributed by atoms with van der Waals surface area (Å²) in [6, 6.07) is 18.6. The Kier molecular flexibility index (Phi) is 5.78. The number of likely N-dealkylation sites (N-methyl/N-ethyl adjacent to an activating group) is 1. The molecule has 0 spiro atoms. The SMILES string of the molecule is CN1CCN(C(=O)NCc2cccc(N(C)C)c2)C(c2ccccc2)C1. The average Bonchev–Trinajstić information content (AvgIpc) is 2.67. The molecule has 0 bridgehead atoms. The zero-order chi connectivity index (χ0) is 18.5. The Morgan fingerprint density at radius 3 is 2.62 bits per heavy atom. The third-order valence-corrected chi connectivity index (χ3v) is 4.90. The summed E-state index contributed by atoms with van der Waals surface area (Å²) >= 11 is 0. The Balaban J connectivity index is 1.68. The predicted molar refractivity (Wildman–Crippen MR) is 106 cm³/mol.